The summed E-state index contributed by atoms with van der Waals surface area (Å²) in [6, 6.07) is 0. The van der Waals surface area contributed by atoms with Crippen LogP contribution in [0.4, 0.5) is 0 Å². The van der Waals surface area contributed by atoms with Crippen LogP contribution in [-0.4, -0.2) is 48.3 Å². The van der Waals surface area contributed by atoms with Crippen LogP contribution in [0.25, 0.3) is 0 Å². The summed E-state index contributed by atoms with van der Waals surface area (Å²) in [4.78, 5) is 13.6. The molecule has 1 aliphatic heterocycles. The van der Waals surface area contributed by atoms with Crippen LogP contribution < -0.4 is 0 Å². The molecule has 0 saturated carbocycles. The van der Waals surface area contributed by atoms with Crippen molar-refractivity contribution in [2.24, 2.45) is 5.92 Å². The van der Waals surface area contributed by atoms with Gasteiger partial charge in [0.25, 0.3) is 0 Å². The summed E-state index contributed by atoms with van der Waals surface area (Å²) in [5, 5.41) is 8.98. The Morgan fingerprint density at radius 1 is 1.56 bits per heavy atom. The van der Waals surface area contributed by atoms with Crippen LogP contribution in [0.1, 0.15) is 33.1 Å². The fraction of sp³-hybridized carbons (Fsp3) is 0.917. The average molecular weight is 229 g/mol. The van der Waals surface area contributed by atoms with E-state index in [4.69, 9.17) is 9.84 Å². The Hall–Kier alpha value is -0.610. The third-order valence-electron chi connectivity index (χ3n) is 2.88. The van der Waals surface area contributed by atoms with Gasteiger partial charge in [-0.3, -0.25) is 4.79 Å². The van der Waals surface area contributed by atoms with Gasteiger partial charge in [0.05, 0.1) is 6.10 Å². The molecule has 1 amide bonds. The number of carbonyl (C=O) groups excluding carboxylic acids is 1. The number of amides is 1. The molecule has 0 radical (unpaired) electrons. The van der Waals surface area contributed by atoms with Crippen molar-refractivity contribution in [3.05, 3.63) is 0 Å². The van der Waals surface area contributed by atoms with Crippen LogP contribution in [0.5, 0.6) is 0 Å². The predicted octanol–water partition coefficient (Wildman–Crippen LogP) is 1.03. The van der Waals surface area contributed by atoms with Gasteiger partial charge in [-0.1, -0.05) is 0 Å². The number of ether oxygens (including phenoxy) is 1. The van der Waals surface area contributed by atoms with Gasteiger partial charge in [-0.05, 0) is 26.7 Å². The van der Waals surface area contributed by atoms with E-state index in [-0.39, 0.29) is 24.5 Å². The highest BCUT2D eigenvalue weighted by atomic mass is 16.5. The van der Waals surface area contributed by atoms with E-state index >= 15 is 0 Å². The van der Waals surface area contributed by atoms with Crippen molar-refractivity contribution in [2.45, 2.75) is 39.2 Å². The Balaban J connectivity index is 2.11. The third-order valence-corrected chi connectivity index (χ3v) is 2.88. The van der Waals surface area contributed by atoms with Crippen molar-refractivity contribution < 1.29 is 14.6 Å². The quantitative estimate of drug-likeness (QED) is 0.692. The Morgan fingerprint density at radius 3 is 2.88 bits per heavy atom. The number of hydrogen-bond donors (Lipinski definition) is 1. The van der Waals surface area contributed by atoms with Gasteiger partial charge < -0.3 is 14.7 Å². The smallest absolute Gasteiger partial charge is 0.222 e. The molecular formula is C12H23NO3. The summed E-state index contributed by atoms with van der Waals surface area (Å²) >= 11 is 0. The highest BCUT2D eigenvalue weighted by Gasteiger charge is 2.24. The number of aliphatic hydroxyl groups excluding tert-OH is 1. The normalized spacial score (nSPS) is 20.8. The van der Waals surface area contributed by atoms with Crippen molar-refractivity contribution in [2.75, 3.05) is 26.3 Å². The van der Waals surface area contributed by atoms with Crippen molar-refractivity contribution in [3.63, 3.8) is 0 Å². The molecule has 1 atom stereocenters. The average Bonchev–Trinajstić information content (AvgIpc) is 2.72. The van der Waals surface area contributed by atoms with Gasteiger partial charge >= 0.3 is 0 Å². The first-order valence-electron chi connectivity index (χ1n) is 6.13. The number of likely N-dealkylation sites (tertiary alicyclic amines) is 1. The molecule has 4 nitrogen and oxygen atoms in total. The molecule has 16 heavy (non-hydrogen) atoms. The highest BCUT2D eigenvalue weighted by molar-refractivity contribution is 5.76. The second-order valence-corrected chi connectivity index (χ2v) is 4.70. The molecular weight excluding hydrogens is 206 g/mol. The Labute approximate surface area is 97.6 Å². The Morgan fingerprint density at radius 2 is 2.31 bits per heavy atom. The summed E-state index contributed by atoms with van der Waals surface area (Å²) in [5.41, 5.74) is 0. The summed E-state index contributed by atoms with van der Waals surface area (Å²) in [6.45, 7) is 6.36. The summed E-state index contributed by atoms with van der Waals surface area (Å²) in [7, 11) is 0. The first-order valence-corrected chi connectivity index (χ1v) is 6.13. The van der Waals surface area contributed by atoms with E-state index in [1.165, 1.54) is 0 Å². The van der Waals surface area contributed by atoms with Crippen molar-refractivity contribution in [1.82, 2.24) is 4.90 Å². The van der Waals surface area contributed by atoms with Crippen molar-refractivity contribution in [1.29, 1.82) is 0 Å². The second kappa shape index (κ2) is 6.86. The van der Waals surface area contributed by atoms with Crippen LogP contribution in [0.2, 0.25) is 0 Å². The summed E-state index contributed by atoms with van der Waals surface area (Å²) in [5.74, 6) is 0.485. The zero-order valence-corrected chi connectivity index (χ0v) is 10.3. The molecule has 1 rings (SSSR count). The van der Waals surface area contributed by atoms with E-state index in [1.807, 2.05) is 18.7 Å². The molecule has 4 heteroatoms. The van der Waals surface area contributed by atoms with Crippen LogP contribution in [-0.2, 0) is 9.53 Å². The lowest BCUT2D eigenvalue weighted by Gasteiger charge is -2.16. The van der Waals surface area contributed by atoms with Gasteiger partial charge in [0.15, 0.2) is 0 Å². The van der Waals surface area contributed by atoms with E-state index in [2.05, 4.69) is 0 Å². The minimum Gasteiger partial charge on any atom is -0.396 e. The van der Waals surface area contributed by atoms with E-state index in [9.17, 15) is 4.79 Å². The van der Waals surface area contributed by atoms with Gasteiger partial charge in [0.1, 0.15) is 0 Å². The topological polar surface area (TPSA) is 49.8 Å². The molecule has 0 spiro atoms. The molecule has 1 unspecified atom stereocenters. The van der Waals surface area contributed by atoms with Crippen LogP contribution >= 0.6 is 0 Å². The van der Waals surface area contributed by atoms with Crippen LogP contribution in [0.3, 0.4) is 0 Å². The largest absolute Gasteiger partial charge is 0.396 e. The van der Waals surface area contributed by atoms with E-state index in [0.29, 0.717) is 13.0 Å². The fourth-order valence-corrected chi connectivity index (χ4v) is 1.91. The molecule has 0 aliphatic carbocycles. The maximum Gasteiger partial charge on any atom is 0.222 e. The maximum atomic E-state index is 11.7. The van der Waals surface area contributed by atoms with E-state index < -0.39 is 0 Å². The van der Waals surface area contributed by atoms with Crippen LogP contribution in [0.15, 0.2) is 0 Å². The molecule has 1 aliphatic rings. The monoisotopic (exact) mass is 229 g/mol. The number of hydrogen-bond acceptors (Lipinski definition) is 3. The van der Waals surface area contributed by atoms with E-state index in [1.54, 1.807) is 0 Å². The zero-order valence-electron chi connectivity index (χ0n) is 10.3. The molecule has 1 fully saturated rings. The fourth-order valence-electron chi connectivity index (χ4n) is 1.91. The zero-order chi connectivity index (χ0) is 12.0. The molecule has 1 saturated heterocycles. The van der Waals surface area contributed by atoms with Crippen molar-refractivity contribution in [3.8, 4) is 0 Å². The predicted molar refractivity (Wildman–Crippen MR) is 62.1 cm³/mol. The number of aliphatic hydroxyl groups is 1. The van der Waals surface area contributed by atoms with E-state index in [0.717, 1.165) is 25.9 Å². The lowest BCUT2D eigenvalue weighted by atomic mass is 10.1. The Bertz CT molecular complexity index is 218. The van der Waals surface area contributed by atoms with Crippen LogP contribution in [0, 0.1) is 5.92 Å². The molecule has 1 N–H and O–H groups in total. The number of nitrogens with zero attached hydrogens (tertiary/aromatic N) is 1. The maximum absolute atomic E-state index is 11.7. The molecule has 1 heterocycles. The second-order valence-electron chi connectivity index (χ2n) is 4.70. The van der Waals surface area contributed by atoms with Gasteiger partial charge in [-0.25, -0.2) is 0 Å². The lowest BCUT2D eigenvalue weighted by molar-refractivity contribution is -0.130. The third kappa shape index (κ3) is 4.49. The SMILES string of the molecule is CC(C)OCCCC(=O)N1CCC(CO)C1. The lowest BCUT2D eigenvalue weighted by Crippen LogP contribution is -2.29. The minimum atomic E-state index is 0.195. The van der Waals surface area contributed by atoms with Gasteiger partial charge in [-0.15, -0.1) is 0 Å². The number of rotatable bonds is 6. The molecule has 0 aromatic rings. The standard InChI is InChI=1S/C12H23NO3/c1-10(2)16-7-3-4-12(15)13-6-5-11(8-13)9-14/h10-11,14H,3-9H2,1-2H3. The first-order chi connectivity index (χ1) is 7.63. The van der Waals surface area contributed by atoms with Crippen molar-refractivity contribution >= 4 is 5.91 Å². The minimum absolute atomic E-state index is 0.195. The summed E-state index contributed by atoms with van der Waals surface area (Å²) < 4.78 is 5.39. The molecule has 0 aromatic heterocycles. The van der Waals surface area contributed by atoms with Gasteiger partial charge in [0.2, 0.25) is 5.91 Å². The molecule has 0 aromatic carbocycles. The highest BCUT2D eigenvalue weighted by Crippen LogP contribution is 2.16. The molecule has 94 valence electrons. The van der Waals surface area contributed by atoms with Gasteiger partial charge in [0, 0.05) is 38.6 Å². The molecule has 0 bridgehead atoms. The number of carbonyl (C=O) groups is 1. The summed E-state index contributed by atoms with van der Waals surface area (Å²) in [6.07, 6.45) is 2.52. The first kappa shape index (κ1) is 13.5. The Kier molecular flexibility index (Phi) is 5.77. The van der Waals surface area contributed by atoms with Gasteiger partial charge in [-0.2, -0.15) is 0 Å².